The fraction of sp³-hybridized carbons (Fsp3) is 1.00. The SMILES string of the molecule is CCNC(C)CC(C)(C)CCC(C)C. The molecule has 0 bridgehead atoms. The topological polar surface area (TPSA) is 12.0 Å². The molecule has 0 heterocycles. The number of hydrogen-bond donors (Lipinski definition) is 1. The van der Waals surface area contributed by atoms with Gasteiger partial charge in [-0.3, -0.25) is 0 Å². The van der Waals surface area contributed by atoms with Crippen LogP contribution in [0.3, 0.4) is 0 Å². The molecule has 0 amide bonds. The molecular formula is C13H29N. The zero-order chi connectivity index (χ0) is 11.2. The van der Waals surface area contributed by atoms with Gasteiger partial charge in [0.15, 0.2) is 0 Å². The first-order chi connectivity index (χ1) is 6.37. The molecule has 1 N–H and O–H groups in total. The van der Waals surface area contributed by atoms with Crippen molar-refractivity contribution in [1.29, 1.82) is 0 Å². The van der Waals surface area contributed by atoms with E-state index in [-0.39, 0.29) is 0 Å². The summed E-state index contributed by atoms with van der Waals surface area (Å²) in [7, 11) is 0. The highest BCUT2D eigenvalue weighted by molar-refractivity contribution is 4.75. The molecule has 0 saturated carbocycles. The van der Waals surface area contributed by atoms with Crippen molar-refractivity contribution in [2.45, 2.75) is 66.8 Å². The molecule has 0 aliphatic carbocycles. The van der Waals surface area contributed by atoms with E-state index in [1.54, 1.807) is 0 Å². The van der Waals surface area contributed by atoms with Crippen LogP contribution in [0.25, 0.3) is 0 Å². The Bertz CT molecular complexity index is 138. The third-order valence-corrected chi connectivity index (χ3v) is 2.81. The largest absolute Gasteiger partial charge is 0.315 e. The Balaban J connectivity index is 3.81. The predicted octanol–water partition coefficient (Wildman–Crippen LogP) is 3.84. The van der Waals surface area contributed by atoms with E-state index in [1.165, 1.54) is 19.3 Å². The smallest absolute Gasteiger partial charge is 0.00436 e. The van der Waals surface area contributed by atoms with E-state index >= 15 is 0 Å². The maximum absolute atomic E-state index is 3.49. The highest BCUT2D eigenvalue weighted by atomic mass is 14.9. The maximum Gasteiger partial charge on any atom is 0.00436 e. The molecule has 0 aromatic rings. The van der Waals surface area contributed by atoms with Gasteiger partial charge in [-0.05, 0) is 37.6 Å². The van der Waals surface area contributed by atoms with Crippen molar-refractivity contribution in [3.05, 3.63) is 0 Å². The lowest BCUT2D eigenvalue weighted by molar-refractivity contribution is 0.251. The van der Waals surface area contributed by atoms with Crippen LogP contribution in [0.5, 0.6) is 0 Å². The predicted molar refractivity (Wildman–Crippen MR) is 65.6 cm³/mol. The molecule has 0 aliphatic heterocycles. The van der Waals surface area contributed by atoms with Crippen LogP contribution < -0.4 is 5.32 Å². The van der Waals surface area contributed by atoms with Gasteiger partial charge in [-0.15, -0.1) is 0 Å². The van der Waals surface area contributed by atoms with Crippen molar-refractivity contribution in [3.63, 3.8) is 0 Å². The molecule has 0 radical (unpaired) electrons. The van der Waals surface area contributed by atoms with E-state index in [0.717, 1.165) is 12.5 Å². The van der Waals surface area contributed by atoms with Crippen LogP contribution in [0, 0.1) is 11.3 Å². The van der Waals surface area contributed by atoms with Crippen LogP contribution in [-0.4, -0.2) is 12.6 Å². The van der Waals surface area contributed by atoms with Gasteiger partial charge in [-0.25, -0.2) is 0 Å². The van der Waals surface area contributed by atoms with Gasteiger partial charge in [-0.1, -0.05) is 41.0 Å². The zero-order valence-corrected chi connectivity index (χ0v) is 11.0. The van der Waals surface area contributed by atoms with Gasteiger partial charge in [0.2, 0.25) is 0 Å². The van der Waals surface area contributed by atoms with Crippen molar-refractivity contribution >= 4 is 0 Å². The summed E-state index contributed by atoms with van der Waals surface area (Å²) in [4.78, 5) is 0. The molecule has 0 fully saturated rings. The first-order valence-corrected chi connectivity index (χ1v) is 6.10. The van der Waals surface area contributed by atoms with E-state index in [1.807, 2.05) is 0 Å². The van der Waals surface area contributed by atoms with E-state index < -0.39 is 0 Å². The van der Waals surface area contributed by atoms with E-state index in [2.05, 4.69) is 46.9 Å². The summed E-state index contributed by atoms with van der Waals surface area (Å²) >= 11 is 0. The molecule has 0 aromatic carbocycles. The summed E-state index contributed by atoms with van der Waals surface area (Å²) in [5.74, 6) is 0.837. The summed E-state index contributed by atoms with van der Waals surface area (Å²) in [6.07, 6.45) is 3.99. The van der Waals surface area contributed by atoms with Gasteiger partial charge in [0.05, 0.1) is 0 Å². The molecule has 0 aliphatic rings. The molecular weight excluding hydrogens is 170 g/mol. The minimum atomic E-state index is 0.492. The average molecular weight is 199 g/mol. The molecule has 86 valence electrons. The Hall–Kier alpha value is -0.0400. The van der Waals surface area contributed by atoms with Gasteiger partial charge in [0, 0.05) is 6.04 Å². The molecule has 14 heavy (non-hydrogen) atoms. The summed E-state index contributed by atoms with van der Waals surface area (Å²) in [6, 6.07) is 0.655. The third kappa shape index (κ3) is 7.37. The van der Waals surface area contributed by atoms with Gasteiger partial charge in [0.1, 0.15) is 0 Å². The van der Waals surface area contributed by atoms with Crippen molar-refractivity contribution in [3.8, 4) is 0 Å². The van der Waals surface area contributed by atoms with Gasteiger partial charge in [-0.2, -0.15) is 0 Å². The van der Waals surface area contributed by atoms with Crippen molar-refractivity contribution in [2.24, 2.45) is 11.3 Å². The Morgan fingerprint density at radius 1 is 1.14 bits per heavy atom. The second kappa shape index (κ2) is 6.44. The van der Waals surface area contributed by atoms with Crippen molar-refractivity contribution in [2.75, 3.05) is 6.54 Å². The number of rotatable bonds is 7. The second-order valence-corrected chi connectivity index (χ2v) is 5.76. The van der Waals surface area contributed by atoms with Crippen LogP contribution in [-0.2, 0) is 0 Å². The van der Waals surface area contributed by atoms with Crippen molar-refractivity contribution in [1.82, 2.24) is 5.32 Å². The second-order valence-electron chi connectivity index (χ2n) is 5.76. The van der Waals surface area contributed by atoms with E-state index in [4.69, 9.17) is 0 Å². The molecule has 1 atom stereocenters. The minimum absolute atomic E-state index is 0.492. The van der Waals surface area contributed by atoms with Crippen LogP contribution >= 0.6 is 0 Å². The quantitative estimate of drug-likeness (QED) is 0.657. The van der Waals surface area contributed by atoms with Gasteiger partial charge < -0.3 is 5.32 Å². The fourth-order valence-electron chi connectivity index (χ4n) is 2.03. The molecule has 0 saturated heterocycles. The first-order valence-electron chi connectivity index (χ1n) is 6.10. The molecule has 1 heteroatoms. The summed E-state index contributed by atoms with van der Waals surface area (Å²) in [5.41, 5.74) is 0.492. The number of nitrogens with one attached hydrogen (secondary N) is 1. The lowest BCUT2D eigenvalue weighted by Gasteiger charge is -2.29. The van der Waals surface area contributed by atoms with Gasteiger partial charge >= 0.3 is 0 Å². The molecule has 0 rings (SSSR count). The molecule has 1 nitrogen and oxygen atoms in total. The van der Waals surface area contributed by atoms with Crippen LogP contribution in [0.1, 0.15) is 60.8 Å². The first kappa shape index (κ1) is 14.0. The Morgan fingerprint density at radius 2 is 1.71 bits per heavy atom. The normalized spacial score (nSPS) is 14.8. The highest BCUT2D eigenvalue weighted by Gasteiger charge is 2.20. The zero-order valence-electron chi connectivity index (χ0n) is 11.0. The Kier molecular flexibility index (Phi) is 6.43. The van der Waals surface area contributed by atoms with Crippen LogP contribution in [0.4, 0.5) is 0 Å². The average Bonchev–Trinajstić information content (AvgIpc) is 2.00. The lowest BCUT2D eigenvalue weighted by atomic mass is 9.80. The summed E-state index contributed by atoms with van der Waals surface area (Å²) < 4.78 is 0. The van der Waals surface area contributed by atoms with E-state index in [9.17, 15) is 0 Å². The van der Waals surface area contributed by atoms with E-state index in [0.29, 0.717) is 11.5 Å². The minimum Gasteiger partial charge on any atom is -0.315 e. The lowest BCUT2D eigenvalue weighted by Crippen LogP contribution is -2.31. The van der Waals surface area contributed by atoms with Crippen LogP contribution in [0.15, 0.2) is 0 Å². The standard InChI is InChI=1S/C13H29N/c1-7-14-12(4)10-13(5,6)9-8-11(2)3/h11-12,14H,7-10H2,1-6H3. The molecule has 0 aromatic heterocycles. The maximum atomic E-state index is 3.49. The number of hydrogen-bond acceptors (Lipinski definition) is 1. The fourth-order valence-corrected chi connectivity index (χ4v) is 2.03. The molecule has 0 spiro atoms. The Labute approximate surface area is 90.7 Å². The monoisotopic (exact) mass is 199 g/mol. The van der Waals surface area contributed by atoms with Crippen LogP contribution in [0.2, 0.25) is 0 Å². The summed E-state index contributed by atoms with van der Waals surface area (Å²) in [5, 5.41) is 3.49. The Morgan fingerprint density at radius 3 is 2.14 bits per heavy atom. The van der Waals surface area contributed by atoms with Gasteiger partial charge in [0.25, 0.3) is 0 Å². The van der Waals surface area contributed by atoms with Crippen molar-refractivity contribution < 1.29 is 0 Å². The third-order valence-electron chi connectivity index (χ3n) is 2.81. The molecule has 1 unspecified atom stereocenters. The highest BCUT2D eigenvalue weighted by Crippen LogP contribution is 2.29. The summed E-state index contributed by atoms with van der Waals surface area (Å²) in [6.45, 7) is 15.0.